The molecule has 0 aromatic heterocycles. The molecular weight excluding hydrogens is 290 g/mol. The molecule has 0 saturated carbocycles. The topological polar surface area (TPSA) is 3.24 Å². The summed E-state index contributed by atoms with van der Waals surface area (Å²) in [6.45, 7) is 2.19. The van der Waals surface area contributed by atoms with Gasteiger partial charge in [0.1, 0.15) is 0 Å². The number of hydrogen-bond acceptors (Lipinski definition) is 1. The van der Waals surface area contributed by atoms with Gasteiger partial charge in [-0.25, -0.2) is 0 Å². The van der Waals surface area contributed by atoms with E-state index in [0.717, 1.165) is 6.42 Å². The monoisotopic (exact) mass is 311 g/mol. The summed E-state index contributed by atoms with van der Waals surface area (Å²) in [6, 6.07) is 28.4. The van der Waals surface area contributed by atoms with Gasteiger partial charge in [-0.3, -0.25) is 0 Å². The van der Waals surface area contributed by atoms with Gasteiger partial charge in [0, 0.05) is 23.8 Å². The van der Waals surface area contributed by atoms with Crippen LogP contribution in [0.3, 0.4) is 0 Å². The van der Waals surface area contributed by atoms with Crippen LogP contribution in [0.15, 0.2) is 78.9 Å². The van der Waals surface area contributed by atoms with Crippen LogP contribution in [0.4, 0.5) is 11.4 Å². The standard InChI is InChI=1S/C23H21N/c1-3-17-12-14-19(15-13-17)24(2)23-16-18-8-4-5-9-20(18)21-10-6-7-11-22(21)23/h4-16H,3H2,1-2H3. The van der Waals surface area contributed by atoms with Gasteiger partial charge in [0.05, 0.1) is 0 Å². The van der Waals surface area contributed by atoms with Gasteiger partial charge in [0.2, 0.25) is 0 Å². The quantitative estimate of drug-likeness (QED) is 0.400. The lowest BCUT2D eigenvalue weighted by molar-refractivity contribution is 1.13. The maximum Gasteiger partial charge on any atom is 0.0494 e. The summed E-state index contributed by atoms with van der Waals surface area (Å²) in [5.74, 6) is 0. The van der Waals surface area contributed by atoms with Crippen LogP contribution >= 0.6 is 0 Å². The molecule has 24 heavy (non-hydrogen) atoms. The zero-order chi connectivity index (χ0) is 16.5. The van der Waals surface area contributed by atoms with Crippen molar-refractivity contribution in [2.24, 2.45) is 0 Å². The number of hydrogen-bond donors (Lipinski definition) is 0. The molecule has 1 heteroatoms. The number of rotatable bonds is 3. The fourth-order valence-electron chi connectivity index (χ4n) is 3.41. The molecule has 0 aliphatic heterocycles. The van der Waals surface area contributed by atoms with Crippen LogP contribution < -0.4 is 4.90 Å². The third kappa shape index (κ3) is 2.43. The maximum absolute atomic E-state index is 2.30. The van der Waals surface area contributed by atoms with Crippen molar-refractivity contribution in [3.63, 3.8) is 0 Å². The van der Waals surface area contributed by atoms with Crippen molar-refractivity contribution in [2.45, 2.75) is 13.3 Å². The Bertz CT molecular complexity index is 999. The van der Waals surface area contributed by atoms with Gasteiger partial charge in [0.25, 0.3) is 0 Å². The van der Waals surface area contributed by atoms with E-state index >= 15 is 0 Å². The Morgan fingerprint density at radius 2 is 1.33 bits per heavy atom. The first-order chi connectivity index (χ1) is 11.8. The van der Waals surface area contributed by atoms with Crippen LogP contribution in [0.2, 0.25) is 0 Å². The van der Waals surface area contributed by atoms with E-state index in [2.05, 4.69) is 97.7 Å². The molecule has 4 aromatic carbocycles. The minimum Gasteiger partial charge on any atom is -0.344 e. The molecule has 0 N–H and O–H groups in total. The van der Waals surface area contributed by atoms with E-state index in [4.69, 9.17) is 0 Å². The third-order valence-corrected chi connectivity index (χ3v) is 4.84. The van der Waals surface area contributed by atoms with Gasteiger partial charge in [-0.15, -0.1) is 0 Å². The van der Waals surface area contributed by atoms with Crippen LogP contribution in [0, 0.1) is 0 Å². The first kappa shape index (κ1) is 14.8. The highest BCUT2D eigenvalue weighted by atomic mass is 15.1. The van der Waals surface area contributed by atoms with Crippen LogP contribution in [0.1, 0.15) is 12.5 Å². The minimum absolute atomic E-state index is 1.07. The highest BCUT2D eigenvalue weighted by Crippen LogP contribution is 2.36. The van der Waals surface area contributed by atoms with Crippen LogP contribution in [0.5, 0.6) is 0 Å². The van der Waals surface area contributed by atoms with Crippen molar-refractivity contribution < 1.29 is 0 Å². The lowest BCUT2D eigenvalue weighted by Crippen LogP contribution is -2.10. The largest absolute Gasteiger partial charge is 0.344 e. The van der Waals surface area contributed by atoms with E-state index in [9.17, 15) is 0 Å². The number of anilines is 2. The molecule has 0 heterocycles. The summed E-state index contributed by atoms with van der Waals surface area (Å²) < 4.78 is 0. The van der Waals surface area contributed by atoms with Crippen molar-refractivity contribution in [1.29, 1.82) is 0 Å². The molecule has 0 aliphatic rings. The molecule has 0 saturated heterocycles. The number of benzene rings is 4. The Balaban J connectivity index is 1.93. The van der Waals surface area contributed by atoms with E-state index in [1.807, 2.05) is 0 Å². The fraction of sp³-hybridized carbons (Fsp3) is 0.130. The zero-order valence-corrected chi connectivity index (χ0v) is 14.2. The highest BCUT2D eigenvalue weighted by molar-refractivity contribution is 6.13. The predicted octanol–water partition coefficient (Wildman–Crippen LogP) is 6.32. The van der Waals surface area contributed by atoms with Crippen molar-refractivity contribution in [3.05, 3.63) is 84.4 Å². The summed E-state index contributed by atoms with van der Waals surface area (Å²) in [4.78, 5) is 2.29. The highest BCUT2D eigenvalue weighted by Gasteiger charge is 2.11. The SMILES string of the molecule is CCc1ccc(N(C)c2cc3ccccc3c3ccccc23)cc1. The second kappa shape index (κ2) is 6.01. The first-order valence-electron chi connectivity index (χ1n) is 8.51. The Morgan fingerprint density at radius 3 is 2.04 bits per heavy atom. The third-order valence-electron chi connectivity index (χ3n) is 4.84. The molecule has 0 amide bonds. The lowest BCUT2D eigenvalue weighted by Gasteiger charge is -2.23. The molecule has 0 fully saturated rings. The molecule has 0 radical (unpaired) electrons. The van der Waals surface area contributed by atoms with E-state index in [1.165, 1.54) is 38.5 Å². The van der Waals surface area contributed by atoms with Gasteiger partial charge in [-0.1, -0.05) is 67.6 Å². The molecule has 1 nitrogen and oxygen atoms in total. The van der Waals surface area contributed by atoms with E-state index < -0.39 is 0 Å². The van der Waals surface area contributed by atoms with Crippen molar-refractivity contribution in [2.75, 3.05) is 11.9 Å². The lowest BCUT2D eigenvalue weighted by atomic mass is 9.99. The normalized spacial score (nSPS) is 11.1. The molecule has 0 spiro atoms. The molecule has 0 bridgehead atoms. The summed E-state index contributed by atoms with van der Waals surface area (Å²) in [7, 11) is 2.15. The molecule has 118 valence electrons. The molecule has 4 rings (SSSR count). The first-order valence-corrected chi connectivity index (χ1v) is 8.51. The molecule has 0 atom stereocenters. The number of nitrogens with zero attached hydrogens (tertiary/aromatic N) is 1. The van der Waals surface area contributed by atoms with Gasteiger partial charge in [-0.2, -0.15) is 0 Å². The Kier molecular flexibility index (Phi) is 3.70. The summed E-state index contributed by atoms with van der Waals surface area (Å²) in [5, 5.41) is 5.19. The Labute approximate surface area is 143 Å². The van der Waals surface area contributed by atoms with Gasteiger partial charge < -0.3 is 4.90 Å². The predicted molar refractivity (Wildman–Crippen MR) is 105 cm³/mol. The Morgan fingerprint density at radius 1 is 0.708 bits per heavy atom. The number of fused-ring (bicyclic) bond motifs is 3. The maximum atomic E-state index is 2.30. The second-order valence-electron chi connectivity index (χ2n) is 6.24. The fourth-order valence-corrected chi connectivity index (χ4v) is 3.41. The molecule has 0 aliphatic carbocycles. The second-order valence-corrected chi connectivity index (χ2v) is 6.24. The van der Waals surface area contributed by atoms with Crippen LogP contribution in [0.25, 0.3) is 21.5 Å². The van der Waals surface area contributed by atoms with Crippen LogP contribution in [-0.4, -0.2) is 7.05 Å². The van der Waals surface area contributed by atoms with Gasteiger partial charge in [-0.05, 0) is 46.3 Å². The van der Waals surface area contributed by atoms with E-state index in [0.29, 0.717) is 0 Å². The smallest absolute Gasteiger partial charge is 0.0494 e. The average Bonchev–Trinajstić information content (AvgIpc) is 2.67. The molecular formula is C23H21N. The minimum atomic E-state index is 1.07. The number of aryl methyl sites for hydroxylation is 1. The summed E-state index contributed by atoms with van der Waals surface area (Å²) in [5.41, 5.74) is 3.83. The van der Waals surface area contributed by atoms with E-state index in [1.54, 1.807) is 0 Å². The average molecular weight is 311 g/mol. The Hall–Kier alpha value is -2.80. The molecule has 0 unspecified atom stereocenters. The summed E-state index contributed by atoms with van der Waals surface area (Å²) >= 11 is 0. The molecule has 4 aromatic rings. The summed E-state index contributed by atoms with van der Waals surface area (Å²) in [6.07, 6.45) is 1.07. The van der Waals surface area contributed by atoms with E-state index in [-0.39, 0.29) is 0 Å². The van der Waals surface area contributed by atoms with Crippen molar-refractivity contribution >= 4 is 32.9 Å². The van der Waals surface area contributed by atoms with Crippen LogP contribution in [-0.2, 0) is 6.42 Å². The van der Waals surface area contributed by atoms with Gasteiger partial charge >= 0.3 is 0 Å². The van der Waals surface area contributed by atoms with Gasteiger partial charge in [0.15, 0.2) is 0 Å². The van der Waals surface area contributed by atoms with Crippen molar-refractivity contribution in [1.82, 2.24) is 0 Å². The zero-order valence-electron chi connectivity index (χ0n) is 14.2. The van der Waals surface area contributed by atoms with Crippen molar-refractivity contribution in [3.8, 4) is 0 Å².